The second kappa shape index (κ2) is 10.1. The third-order valence-electron chi connectivity index (χ3n) is 5.90. The van der Waals surface area contributed by atoms with Crippen LogP contribution in [0.4, 0.5) is 0 Å². The van der Waals surface area contributed by atoms with E-state index in [4.69, 9.17) is 8.57 Å². The summed E-state index contributed by atoms with van der Waals surface area (Å²) >= 11 is 6.46. The molecule has 2 heterocycles. The maximum atomic E-state index is 12.9. The van der Waals surface area contributed by atoms with Gasteiger partial charge in [-0.05, 0) is 47.5 Å². The minimum atomic E-state index is -4.61. The van der Waals surface area contributed by atoms with Crippen LogP contribution in [0.5, 0.6) is 0 Å². The van der Waals surface area contributed by atoms with Crippen LogP contribution in [0, 0.1) is 0 Å². The highest BCUT2D eigenvalue weighted by Crippen LogP contribution is 2.17. The van der Waals surface area contributed by atoms with Gasteiger partial charge in [0.05, 0.1) is 21.5 Å². The van der Waals surface area contributed by atoms with Gasteiger partial charge in [-0.2, -0.15) is 16.8 Å². The normalized spacial score (nSPS) is 12.2. The number of rotatable bonds is 8. The average molecular weight is 714 g/mol. The first-order valence-corrected chi connectivity index (χ1v) is 16.1. The Morgan fingerprint density at radius 3 is 1.05 bits per heavy atom. The minimum Gasteiger partial charge on any atom is -0.277 e. The molecule has 5 aromatic rings. The molecule has 0 fully saturated rings. The number of nitrogens with zero attached hydrogens (tertiary/aromatic N) is 2. The van der Waals surface area contributed by atoms with Gasteiger partial charge in [-0.3, -0.25) is 27.7 Å². The van der Waals surface area contributed by atoms with Crippen LogP contribution in [0.2, 0.25) is 0 Å². The summed E-state index contributed by atoms with van der Waals surface area (Å²) in [5.41, 5.74) is -3.29. The second-order valence-electron chi connectivity index (χ2n) is 8.37. The van der Waals surface area contributed by atoms with Gasteiger partial charge in [0.2, 0.25) is 0 Å². The highest BCUT2D eigenvalue weighted by atomic mass is 79.9. The van der Waals surface area contributed by atoms with Crippen molar-refractivity contribution in [2.24, 2.45) is 0 Å². The summed E-state index contributed by atoms with van der Waals surface area (Å²) in [6.45, 7) is 0. The maximum Gasteiger partial charge on any atom is 0.357 e. The molecule has 0 aliphatic carbocycles. The number of hydrogen-bond donors (Lipinski definition) is 0. The molecule has 16 heteroatoms. The number of halogens is 2. The Kier molecular flexibility index (Phi) is 7.06. The SMILES string of the molecule is O=c1c2cc3c(=O)n(OS(=O)(=O)c4ccc(CBr)cc4)c(=O)c3cc2c(=O)n1OS(=O)(=O)c1ccc(CBr)cc1. The number of hydrogen-bond acceptors (Lipinski definition) is 10. The van der Waals surface area contributed by atoms with Crippen molar-refractivity contribution < 1.29 is 25.4 Å². The van der Waals surface area contributed by atoms with Crippen LogP contribution in [0.15, 0.2) is 89.6 Å². The number of alkyl halides is 2. The molecule has 0 unspecified atom stereocenters. The largest absolute Gasteiger partial charge is 0.357 e. The van der Waals surface area contributed by atoms with Crippen molar-refractivity contribution in [3.05, 3.63) is 113 Å². The zero-order valence-electron chi connectivity index (χ0n) is 19.7. The van der Waals surface area contributed by atoms with Crippen LogP contribution in [-0.4, -0.2) is 26.3 Å². The number of fused-ring (bicyclic) bond motifs is 2. The Bertz CT molecular complexity index is 2000. The quantitative estimate of drug-likeness (QED) is 0.214. The average Bonchev–Trinajstić information content (AvgIpc) is 3.31. The van der Waals surface area contributed by atoms with Gasteiger partial charge in [0, 0.05) is 10.7 Å². The molecule has 0 amide bonds. The highest BCUT2D eigenvalue weighted by molar-refractivity contribution is 9.08. The van der Waals surface area contributed by atoms with E-state index in [1.807, 2.05) is 0 Å². The monoisotopic (exact) mass is 712 g/mol. The van der Waals surface area contributed by atoms with Crippen LogP contribution in [0.25, 0.3) is 21.5 Å². The first-order valence-electron chi connectivity index (χ1n) is 11.0. The molecule has 0 atom stereocenters. The predicted molar refractivity (Wildman–Crippen MR) is 151 cm³/mol. The van der Waals surface area contributed by atoms with Crippen LogP contribution >= 0.6 is 31.9 Å². The van der Waals surface area contributed by atoms with E-state index in [2.05, 4.69) is 31.9 Å². The molecule has 0 aliphatic rings. The molecule has 3 aromatic carbocycles. The molecule has 206 valence electrons. The van der Waals surface area contributed by atoms with E-state index in [9.17, 15) is 36.0 Å². The molecule has 40 heavy (non-hydrogen) atoms. The summed E-state index contributed by atoms with van der Waals surface area (Å²) in [6.07, 6.45) is 0. The number of aromatic nitrogens is 2. The van der Waals surface area contributed by atoms with E-state index in [0.717, 1.165) is 23.3 Å². The summed E-state index contributed by atoms with van der Waals surface area (Å²) in [5.74, 6) is 0. The lowest BCUT2D eigenvalue weighted by Gasteiger charge is -2.05. The molecule has 0 bridgehead atoms. The third-order valence-corrected chi connectivity index (χ3v) is 9.58. The summed E-state index contributed by atoms with van der Waals surface area (Å²) in [7, 11) is -9.22. The molecule has 12 nitrogen and oxygen atoms in total. The van der Waals surface area contributed by atoms with Crippen molar-refractivity contribution in [2.75, 3.05) is 0 Å². The van der Waals surface area contributed by atoms with Crippen LogP contribution < -0.4 is 30.8 Å². The van der Waals surface area contributed by atoms with Gasteiger partial charge in [0.15, 0.2) is 0 Å². The van der Waals surface area contributed by atoms with Gasteiger partial charge in [-0.1, -0.05) is 65.6 Å². The van der Waals surface area contributed by atoms with Gasteiger partial charge in [0.1, 0.15) is 9.79 Å². The second-order valence-corrected chi connectivity index (χ2v) is 12.5. The molecule has 0 aliphatic heterocycles. The van der Waals surface area contributed by atoms with Gasteiger partial charge >= 0.3 is 20.2 Å². The Morgan fingerprint density at radius 2 is 0.800 bits per heavy atom. The summed E-state index contributed by atoms with van der Waals surface area (Å²) in [4.78, 5) is 51.0. The van der Waals surface area contributed by atoms with Crippen LogP contribution in [0.1, 0.15) is 11.1 Å². The van der Waals surface area contributed by atoms with Gasteiger partial charge in [-0.15, -0.1) is 0 Å². The number of benzene rings is 3. The maximum absolute atomic E-state index is 12.9. The van der Waals surface area contributed by atoms with E-state index in [1.54, 1.807) is 0 Å². The smallest absolute Gasteiger partial charge is 0.277 e. The minimum absolute atomic E-state index is 0.0118. The lowest BCUT2D eigenvalue weighted by molar-refractivity contribution is 0.263. The standard InChI is InChI=1S/C24H14Br2N2O10S2/c25-11-13-1-5-15(6-2-13)39(33,34)37-27-21(29)17-9-19-20(10-18(17)22(27)30)24(32)28(23(19)31)38-40(35,36)16-7-3-14(12-26)4-8-16/h1-10H,11-12H2. The fourth-order valence-electron chi connectivity index (χ4n) is 3.84. The van der Waals surface area contributed by atoms with E-state index in [-0.39, 0.29) is 19.3 Å². The summed E-state index contributed by atoms with van der Waals surface area (Å²) < 4.78 is 60.4. The lowest BCUT2D eigenvalue weighted by Crippen LogP contribution is -2.36. The summed E-state index contributed by atoms with van der Waals surface area (Å²) in [6, 6.07) is 12.7. The van der Waals surface area contributed by atoms with Gasteiger partial charge in [0.25, 0.3) is 22.2 Å². The molecule has 2 aromatic heterocycles. The van der Waals surface area contributed by atoms with E-state index in [1.165, 1.54) is 48.5 Å². The van der Waals surface area contributed by atoms with Crippen LogP contribution in [0.3, 0.4) is 0 Å². The van der Waals surface area contributed by atoms with Crippen molar-refractivity contribution in [1.29, 1.82) is 0 Å². The van der Waals surface area contributed by atoms with E-state index in [0.29, 0.717) is 10.7 Å². The third kappa shape index (κ3) is 4.70. The Morgan fingerprint density at radius 1 is 0.525 bits per heavy atom. The highest BCUT2D eigenvalue weighted by Gasteiger charge is 2.27. The van der Waals surface area contributed by atoms with E-state index >= 15 is 0 Å². The fraction of sp³-hybridized carbons (Fsp3) is 0.0833. The Hall–Kier alpha value is -3.60. The Labute approximate surface area is 241 Å². The molecule has 5 rings (SSSR count). The summed E-state index contributed by atoms with van der Waals surface area (Å²) in [5, 5.41) is -0.773. The van der Waals surface area contributed by atoms with Gasteiger partial charge in [-0.25, -0.2) is 0 Å². The van der Waals surface area contributed by atoms with E-state index < -0.39 is 64.0 Å². The Balaban J connectivity index is 1.57. The molecule has 0 saturated carbocycles. The molecule has 0 saturated heterocycles. The van der Waals surface area contributed by atoms with Crippen molar-refractivity contribution in [3.8, 4) is 0 Å². The molecular weight excluding hydrogens is 700 g/mol. The fourth-order valence-corrected chi connectivity index (χ4v) is 6.36. The predicted octanol–water partition coefficient (Wildman–Crippen LogP) is 1.34. The molecule has 0 spiro atoms. The van der Waals surface area contributed by atoms with Gasteiger partial charge < -0.3 is 0 Å². The van der Waals surface area contributed by atoms with Crippen LogP contribution in [-0.2, 0) is 30.9 Å². The topological polar surface area (TPSA) is 165 Å². The molecule has 0 radical (unpaired) electrons. The van der Waals surface area contributed by atoms with Crippen molar-refractivity contribution in [1.82, 2.24) is 9.46 Å². The molecular formula is C24H14Br2N2O10S2. The zero-order chi connectivity index (χ0) is 29.0. The van der Waals surface area contributed by atoms with Crippen molar-refractivity contribution in [2.45, 2.75) is 20.5 Å². The lowest BCUT2D eigenvalue weighted by atomic mass is 10.1. The zero-order valence-corrected chi connectivity index (χ0v) is 24.5. The van der Waals surface area contributed by atoms with Crippen molar-refractivity contribution >= 4 is 73.6 Å². The first-order chi connectivity index (χ1) is 18.9. The molecule has 0 N–H and O–H groups in total. The van der Waals surface area contributed by atoms with Crippen molar-refractivity contribution in [3.63, 3.8) is 0 Å². The first kappa shape index (κ1) is 27.9.